The second kappa shape index (κ2) is 8.84. The number of hydrogen-bond donors (Lipinski definition) is 1. The number of epoxide rings is 1. The SMILES string of the molecule is CC(=O)[C@@]12CC/C=C\C(=O)O[C@@H]3C[C@H]4O[C@@H]5C=C(C)CC[C@]5(COC(=O)/C=C(/CCO1)[C@H]2O)[C@]3(C)[C@]41CO1. The maximum atomic E-state index is 13.2. The number of hydrogen-bond acceptors (Lipinski definition) is 9. The number of aliphatic hydroxyl groups is 1. The molecule has 4 fully saturated rings. The normalized spacial score (nSPS) is 48.6. The maximum absolute atomic E-state index is 13.2. The Morgan fingerprint density at radius 1 is 1.08 bits per heavy atom. The Balaban J connectivity index is 1.42. The van der Waals surface area contributed by atoms with E-state index in [0.717, 1.165) is 6.42 Å². The Labute approximate surface area is 222 Å². The van der Waals surface area contributed by atoms with E-state index in [9.17, 15) is 19.5 Å². The van der Waals surface area contributed by atoms with Crippen molar-refractivity contribution in [2.45, 2.75) is 94.9 Å². The third-order valence-corrected chi connectivity index (χ3v) is 10.3. The largest absolute Gasteiger partial charge is 0.462 e. The molecule has 38 heavy (non-hydrogen) atoms. The predicted molar refractivity (Wildman–Crippen MR) is 133 cm³/mol. The molecule has 9 heteroatoms. The van der Waals surface area contributed by atoms with E-state index in [1.54, 1.807) is 6.08 Å². The monoisotopic (exact) mass is 528 g/mol. The maximum Gasteiger partial charge on any atom is 0.330 e. The minimum Gasteiger partial charge on any atom is -0.462 e. The molecule has 9 nitrogen and oxygen atoms in total. The first-order valence-electron chi connectivity index (χ1n) is 13.6. The summed E-state index contributed by atoms with van der Waals surface area (Å²) in [5.41, 5.74) is -1.77. The van der Waals surface area contributed by atoms with Gasteiger partial charge in [-0.05, 0) is 51.5 Å². The molecule has 206 valence electrons. The molecule has 4 bridgehead atoms. The van der Waals surface area contributed by atoms with Crippen molar-refractivity contribution in [2.75, 3.05) is 19.8 Å². The molecule has 2 aliphatic carbocycles. The van der Waals surface area contributed by atoms with Gasteiger partial charge in [-0.1, -0.05) is 24.6 Å². The molecule has 0 radical (unpaired) electrons. The first kappa shape index (κ1) is 25.9. The first-order valence-corrected chi connectivity index (χ1v) is 13.6. The molecule has 2 spiro atoms. The molecule has 0 amide bonds. The summed E-state index contributed by atoms with van der Waals surface area (Å²) in [6.45, 7) is 6.28. The summed E-state index contributed by atoms with van der Waals surface area (Å²) in [5, 5.41) is 11.2. The van der Waals surface area contributed by atoms with Crippen LogP contribution in [-0.2, 0) is 38.1 Å². The zero-order valence-electron chi connectivity index (χ0n) is 22.2. The summed E-state index contributed by atoms with van der Waals surface area (Å²) in [6.07, 6.45) is 6.90. The zero-order valence-corrected chi connectivity index (χ0v) is 22.2. The van der Waals surface area contributed by atoms with Gasteiger partial charge in [-0.15, -0.1) is 0 Å². The van der Waals surface area contributed by atoms with Crippen LogP contribution < -0.4 is 0 Å². The van der Waals surface area contributed by atoms with Crippen LogP contribution in [0, 0.1) is 10.8 Å². The van der Waals surface area contributed by atoms with Gasteiger partial charge in [0.1, 0.15) is 24.4 Å². The summed E-state index contributed by atoms with van der Waals surface area (Å²) in [7, 11) is 0. The molecule has 0 aromatic rings. The van der Waals surface area contributed by atoms with E-state index < -0.39 is 46.2 Å². The van der Waals surface area contributed by atoms with Gasteiger partial charge in [-0.25, -0.2) is 9.59 Å². The van der Waals surface area contributed by atoms with Gasteiger partial charge >= 0.3 is 11.9 Å². The molecule has 1 N–H and O–H groups in total. The third-order valence-electron chi connectivity index (χ3n) is 10.3. The number of ether oxygens (including phenoxy) is 5. The van der Waals surface area contributed by atoms with Crippen LogP contribution in [-0.4, -0.2) is 78.3 Å². The fourth-order valence-electron chi connectivity index (χ4n) is 7.88. The molecule has 4 heterocycles. The van der Waals surface area contributed by atoms with Crippen LogP contribution >= 0.6 is 0 Å². The number of cyclic esters (lactones) is 1. The Kier molecular flexibility index (Phi) is 6.03. The number of aliphatic hydroxyl groups excluding tert-OH is 1. The molecule has 0 aromatic carbocycles. The number of carbonyl (C=O) groups excluding carboxylic acids is 3. The fourth-order valence-corrected chi connectivity index (χ4v) is 7.88. The van der Waals surface area contributed by atoms with Gasteiger partial charge in [0.15, 0.2) is 11.4 Å². The average Bonchev–Trinajstić information content (AvgIpc) is 3.65. The van der Waals surface area contributed by atoms with Crippen LogP contribution in [0.15, 0.2) is 35.5 Å². The minimum absolute atomic E-state index is 0.0483. The lowest BCUT2D eigenvalue weighted by atomic mass is 9.51. The van der Waals surface area contributed by atoms with E-state index in [1.165, 1.54) is 24.6 Å². The molecule has 8 atom stereocenters. The fraction of sp³-hybridized carbons (Fsp3) is 0.690. The van der Waals surface area contributed by atoms with Crippen molar-refractivity contribution in [3.8, 4) is 0 Å². The van der Waals surface area contributed by atoms with Gasteiger partial charge in [0.2, 0.25) is 0 Å². The number of carbonyl (C=O) groups is 3. The molecule has 1 saturated carbocycles. The smallest absolute Gasteiger partial charge is 0.330 e. The predicted octanol–water partition coefficient (Wildman–Crippen LogP) is 2.50. The van der Waals surface area contributed by atoms with Crippen molar-refractivity contribution >= 4 is 17.7 Å². The number of Topliss-reactive ketones (excluding diaryl/α,β-unsaturated/α-hetero) is 1. The van der Waals surface area contributed by atoms with Crippen LogP contribution in [0.3, 0.4) is 0 Å². The number of fused-ring (bicyclic) bond motifs is 2. The third kappa shape index (κ3) is 3.48. The first-order chi connectivity index (χ1) is 18.1. The molecule has 0 aromatic heterocycles. The molecule has 6 aliphatic rings. The number of ketones is 1. The lowest BCUT2D eigenvalue weighted by Gasteiger charge is -2.58. The van der Waals surface area contributed by atoms with Crippen LogP contribution in [0.25, 0.3) is 0 Å². The van der Waals surface area contributed by atoms with Gasteiger partial charge in [0.05, 0.1) is 30.8 Å². The van der Waals surface area contributed by atoms with E-state index in [-0.39, 0.29) is 37.6 Å². The highest BCUT2D eigenvalue weighted by Crippen LogP contribution is 2.72. The summed E-state index contributed by atoms with van der Waals surface area (Å²) in [5.74, 6) is -1.41. The quantitative estimate of drug-likeness (QED) is 0.311. The van der Waals surface area contributed by atoms with Gasteiger partial charge < -0.3 is 28.8 Å². The number of esters is 2. The average molecular weight is 529 g/mol. The Bertz CT molecular complexity index is 1150. The van der Waals surface area contributed by atoms with Crippen molar-refractivity contribution in [3.63, 3.8) is 0 Å². The number of rotatable bonds is 1. The Morgan fingerprint density at radius 2 is 1.87 bits per heavy atom. The molecular formula is C29H36O9. The van der Waals surface area contributed by atoms with Gasteiger partial charge in [-0.3, -0.25) is 4.79 Å². The lowest BCUT2D eigenvalue weighted by molar-refractivity contribution is -0.232. The van der Waals surface area contributed by atoms with Crippen molar-refractivity contribution in [1.29, 1.82) is 0 Å². The van der Waals surface area contributed by atoms with Crippen LogP contribution in [0.5, 0.6) is 0 Å². The summed E-state index contributed by atoms with van der Waals surface area (Å²) < 4.78 is 30.6. The topological polar surface area (TPSA) is 121 Å². The highest BCUT2D eigenvalue weighted by Gasteiger charge is 2.83. The summed E-state index contributed by atoms with van der Waals surface area (Å²) in [6, 6.07) is 0. The highest BCUT2D eigenvalue weighted by molar-refractivity contribution is 5.88. The second-order valence-corrected chi connectivity index (χ2v) is 12.0. The number of allylic oxidation sites excluding steroid dienone is 2. The van der Waals surface area contributed by atoms with Gasteiger partial charge in [-0.2, -0.15) is 0 Å². The van der Waals surface area contributed by atoms with Crippen molar-refractivity contribution < 1.29 is 43.2 Å². The molecule has 6 rings (SSSR count). The van der Waals surface area contributed by atoms with Gasteiger partial charge in [0, 0.05) is 24.0 Å². The molecular weight excluding hydrogens is 492 g/mol. The van der Waals surface area contributed by atoms with Crippen molar-refractivity contribution in [2.24, 2.45) is 10.8 Å². The van der Waals surface area contributed by atoms with E-state index in [4.69, 9.17) is 23.7 Å². The summed E-state index contributed by atoms with van der Waals surface area (Å²) >= 11 is 0. The minimum atomic E-state index is -1.49. The van der Waals surface area contributed by atoms with E-state index in [1.807, 2.05) is 0 Å². The van der Waals surface area contributed by atoms with E-state index >= 15 is 0 Å². The zero-order chi connectivity index (χ0) is 26.9. The van der Waals surface area contributed by atoms with Crippen LogP contribution in [0.1, 0.15) is 59.3 Å². The second-order valence-electron chi connectivity index (χ2n) is 12.0. The molecule has 3 saturated heterocycles. The van der Waals surface area contributed by atoms with Crippen LogP contribution in [0.4, 0.5) is 0 Å². The summed E-state index contributed by atoms with van der Waals surface area (Å²) in [4.78, 5) is 38.9. The molecule has 0 unspecified atom stereocenters. The lowest BCUT2D eigenvalue weighted by Crippen LogP contribution is -2.66. The van der Waals surface area contributed by atoms with E-state index in [0.29, 0.717) is 37.9 Å². The van der Waals surface area contributed by atoms with E-state index in [2.05, 4.69) is 19.9 Å². The standard InChI is InChI=1S/C29H36O9/c1-17-7-10-27-15-34-24(32)13-19-8-11-35-28(18(2)30,25(19)33)9-5-4-6-23(31)38-20-14-22(37-21(27)12-17)29(16-36-29)26(20,27)3/h4,6,12-13,20-22,25,33H,5,7-11,14-16H2,1-3H3/b6-4-,19-13-/t20-,21-,22-,25-,26-,27-,28-,29+/m1/s1. The Morgan fingerprint density at radius 3 is 2.61 bits per heavy atom. The molecule has 4 aliphatic heterocycles. The van der Waals surface area contributed by atoms with Crippen molar-refractivity contribution in [3.05, 3.63) is 35.5 Å². The van der Waals surface area contributed by atoms with Crippen molar-refractivity contribution in [1.82, 2.24) is 0 Å². The highest BCUT2D eigenvalue weighted by atomic mass is 16.6. The van der Waals surface area contributed by atoms with Gasteiger partial charge in [0.25, 0.3) is 0 Å². The van der Waals surface area contributed by atoms with Crippen LogP contribution in [0.2, 0.25) is 0 Å². The Hall–Kier alpha value is -2.33.